The van der Waals surface area contributed by atoms with Crippen molar-refractivity contribution in [2.24, 2.45) is 17.4 Å². The largest absolute Gasteiger partial charge is 0.480 e. The molecule has 0 saturated heterocycles. The van der Waals surface area contributed by atoms with Crippen LogP contribution in [0.25, 0.3) is 0 Å². The molecule has 0 bridgehead atoms. The summed E-state index contributed by atoms with van der Waals surface area (Å²) in [6.07, 6.45) is -1.70. The molecule has 4 unspecified atom stereocenters. The lowest BCUT2D eigenvalue weighted by Crippen LogP contribution is -2.57. The fraction of sp³-hybridized carbons (Fsp3) is 0.692. The zero-order valence-corrected chi connectivity index (χ0v) is 13.3. The van der Waals surface area contributed by atoms with E-state index in [2.05, 4.69) is 10.6 Å². The third-order valence-corrected chi connectivity index (χ3v) is 3.09. The second-order valence-corrected chi connectivity index (χ2v) is 5.57. The molecule has 0 saturated carbocycles. The molecule has 10 nitrogen and oxygen atoms in total. The summed E-state index contributed by atoms with van der Waals surface area (Å²) in [4.78, 5) is 46.1. The molecule has 0 spiro atoms. The number of carbonyl (C=O) groups is 4. The van der Waals surface area contributed by atoms with Crippen molar-refractivity contribution in [3.8, 4) is 0 Å². The van der Waals surface area contributed by atoms with Crippen LogP contribution >= 0.6 is 0 Å². The molecule has 132 valence electrons. The minimum Gasteiger partial charge on any atom is -0.480 e. The standard InChI is InChI=1S/C13H24N4O6/c1-5(2)10(13(22)23)17-11(20)7(4-8(14)19)16-12(21)9(15)6(3)18/h5-7,9-10,18H,4,15H2,1-3H3,(H2,14,19)(H,16,21)(H,17,20)(H,22,23). The Morgan fingerprint density at radius 3 is 1.91 bits per heavy atom. The van der Waals surface area contributed by atoms with Crippen LogP contribution in [0.5, 0.6) is 0 Å². The van der Waals surface area contributed by atoms with Gasteiger partial charge in [0, 0.05) is 0 Å². The molecule has 0 aliphatic rings. The quantitative estimate of drug-likeness (QED) is 0.265. The molecule has 0 fully saturated rings. The van der Waals surface area contributed by atoms with Gasteiger partial charge in [0.1, 0.15) is 18.1 Å². The lowest BCUT2D eigenvalue weighted by molar-refractivity contribution is -0.143. The molecule has 3 amide bonds. The first kappa shape index (κ1) is 20.8. The summed E-state index contributed by atoms with van der Waals surface area (Å²) in [6.45, 7) is 4.46. The van der Waals surface area contributed by atoms with Gasteiger partial charge < -0.3 is 32.3 Å². The second kappa shape index (κ2) is 9.06. The Kier molecular flexibility index (Phi) is 8.19. The van der Waals surface area contributed by atoms with E-state index in [1.807, 2.05) is 0 Å². The van der Waals surface area contributed by atoms with Crippen LogP contribution in [-0.4, -0.2) is 58.1 Å². The molecule has 23 heavy (non-hydrogen) atoms. The van der Waals surface area contributed by atoms with Crippen molar-refractivity contribution in [2.45, 2.75) is 51.4 Å². The number of carboxylic acids is 1. The summed E-state index contributed by atoms with van der Waals surface area (Å²) in [7, 11) is 0. The van der Waals surface area contributed by atoms with Gasteiger partial charge in [-0.1, -0.05) is 13.8 Å². The van der Waals surface area contributed by atoms with E-state index in [0.29, 0.717) is 0 Å². The average Bonchev–Trinajstić information content (AvgIpc) is 2.41. The summed E-state index contributed by atoms with van der Waals surface area (Å²) in [5, 5.41) is 22.7. The lowest BCUT2D eigenvalue weighted by atomic mass is 10.0. The minimum absolute atomic E-state index is 0.416. The summed E-state index contributed by atoms with van der Waals surface area (Å²) in [6, 6.07) is -3.89. The van der Waals surface area contributed by atoms with E-state index >= 15 is 0 Å². The van der Waals surface area contributed by atoms with Gasteiger partial charge in [-0.25, -0.2) is 4.79 Å². The van der Waals surface area contributed by atoms with E-state index in [0.717, 1.165) is 0 Å². The molecule has 10 heteroatoms. The van der Waals surface area contributed by atoms with Gasteiger partial charge >= 0.3 is 5.97 Å². The average molecular weight is 332 g/mol. The highest BCUT2D eigenvalue weighted by atomic mass is 16.4. The molecule has 8 N–H and O–H groups in total. The maximum Gasteiger partial charge on any atom is 0.326 e. The maximum absolute atomic E-state index is 12.1. The number of nitrogens with two attached hydrogens (primary N) is 2. The Balaban J connectivity index is 5.09. The highest BCUT2D eigenvalue weighted by molar-refractivity contribution is 5.94. The number of primary amides is 1. The molecule has 0 heterocycles. The third kappa shape index (κ3) is 7.06. The van der Waals surface area contributed by atoms with Crippen molar-refractivity contribution in [2.75, 3.05) is 0 Å². The van der Waals surface area contributed by atoms with Gasteiger partial charge in [0.15, 0.2) is 0 Å². The molecule has 0 radical (unpaired) electrons. The summed E-state index contributed by atoms with van der Waals surface area (Å²) >= 11 is 0. The van der Waals surface area contributed by atoms with Crippen LogP contribution in [0.4, 0.5) is 0 Å². The zero-order chi connectivity index (χ0) is 18.3. The number of rotatable bonds is 9. The van der Waals surface area contributed by atoms with Crippen molar-refractivity contribution in [3.05, 3.63) is 0 Å². The van der Waals surface area contributed by atoms with Crippen LogP contribution in [0.3, 0.4) is 0 Å². The van der Waals surface area contributed by atoms with Gasteiger partial charge in [0.25, 0.3) is 0 Å². The van der Waals surface area contributed by atoms with Crippen molar-refractivity contribution in [3.63, 3.8) is 0 Å². The monoisotopic (exact) mass is 332 g/mol. The SMILES string of the molecule is CC(C)C(NC(=O)C(CC(N)=O)NC(=O)C(N)C(C)O)C(=O)O. The van der Waals surface area contributed by atoms with Gasteiger partial charge in [-0.3, -0.25) is 14.4 Å². The van der Waals surface area contributed by atoms with Crippen LogP contribution in [0.1, 0.15) is 27.2 Å². The number of aliphatic hydroxyl groups excluding tert-OH is 1. The topological polar surface area (TPSA) is 185 Å². The Labute approximate surface area is 133 Å². The zero-order valence-electron chi connectivity index (χ0n) is 13.3. The first-order chi connectivity index (χ1) is 10.5. The number of nitrogens with one attached hydrogen (secondary N) is 2. The number of aliphatic carboxylic acids is 1. The van der Waals surface area contributed by atoms with E-state index in [4.69, 9.17) is 16.6 Å². The molecule has 0 aromatic carbocycles. The highest BCUT2D eigenvalue weighted by Gasteiger charge is 2.31. The fourth-order valence-corrected chi connectivity index (χ4v) is 1.66. The molecular weight excluding hydrogens is 308 g/mol. The second-order valence-electron chi connectivity index (χ2n) is 5.57. The lowest BCUT2D eigenvalue weighted by Gasteiger charge is -2.24. The summed E-state index contributed by atoms with van der Waals surface area (Å²) < 4.78 is 0. The number of hydrogen-bond acceptors (Lipinski definition) is 6. The van der Waals surface area contributed by atoms with Crippen LogP contribution in [0.15, 0.2) is 0 Å². The Morgan fingerprint density at radius 1 is 1.04 bits per heavy atom. The van der Waals surface area contributed by atoms with Crippen molar-refractivity contribution in [1.29, 1.82) is 0 Å². The summed E-state index contributed by atoms with van der Waals surface area (Å²) in [5.41, 5.74) is 10.5. The molecule has 4 atom stereocenters. The molecule has 0 aromatic rings. The number of aliphatic hydroxyl groups is 1. The number of amides is 3. The minimum atomic E-state index is -1.38. The first-order valence-corrected chi connectivity index (χ1v) is 7.02. The van der Waals surface area contributed by atoms with Crippen LogP contribution in [-0.2, 0) is 19.2 Å². The van der Waals surface area contributed by atoms with E-state index in [-0.39, 0.29) is 0 Å². The maximum atomic E-state index is 12.1. The molecule has 0 rings (SSSR count). The molecular formula is C13H24N4O6. The Hall–Kier alpha value is -2.20. The predicted octanol–water partition coefficient (Wildman–Crippen LogP) is -2.72. The van der Waals surface area contributed by atoms with E-state index in [1.54, 1.807) is 13.8 Å². The normalized spacial score (nSPS) is 16.1. The van der Waals surface area contributed by atoms with Crippen molar-refractivity contribution in [1.82, 2.24) is 10.6 Å². The Bertz CT molecular complexity index is 465. The smallest absolute Gasteiger partial charge is 0.326 e. The van der Waals surface area contributed by atoms with E-state index in [9.17, 15) is 24.3 Å². The van der Waals surface area contributed by atoms with Gasteiger partial charge in [-0.15, -0.1) is 0 Å². The van der Waals surface area contributed by atoms with Gasteiger partial charge in [0.05, 0.1) is 12.5 Å². The van der Waals surface area contributed by atoms with Crippen LogP contribution in [0, 0.1) is 5.92 Å². The van der Waals surface area contributed by atoms with Gasteiger partial charge in [-0.05, 0) is 12.8 Å². The van der Waals surface area contributed by atoms with Crippen LogP contribution < -0.4 is 22.1 Å². The first-order valence-electron chi connectivity index (χ1n) is 7.02. The molecule has 0 aliphatic heterocycles. The van der Waals surface area contributed by atoms with E-state index < -0.39 is 60.3 Å². The number of carboxylic acid groups (broad SMARTS) is 1. The highest BCUT2D eigenvalue weighted by Crippen LogP contribution is 2.04. The summed E-state index contributed by atoms with van der Waals surface area (Å²) in [5.74, 6) is -4.28. The third-order valence-electron chi connectivity index (χ3n) is 3.09. The predicted molar refractivity (Wildman–Crippen MR) is 79.8 cm³/mol. The van der Waals surface area contributed by atoms with E-state index in [1.165, 1.54) is 6.92 Å². The number of carbonyl (C=O) groups excluding carboxylic acids is 3. The van der Waals surface area contributed by atoms with Gasteiger partial charge in [-0.2, -0.15) is 0 Å². The Morgan fingerprint density at radius 2 is 1.57 bits per heavy atom. The molecule has 0 aromatic heterocycles. The van der Waals surface area contributed by atoms with Crippen LogP contribution in [0.2, 0.25) is 0 Å². The van der Waals surface area contributed by atoms with Crippen molar-refractivity contribution < 1.29 is 29.4 Å². The molecule has 0 aliphatic carbocycles. The fourth-order valence-electron chi connectivity index (χ4n) is 1.66. The van der Waals surface area contributed by atoms with Crippen molar-refractivity contribution >= 4 is 23.7 Å². The number of hydrogen-bond donors (Lipinski definition) is 6. The van der Waals surface area contributed by atoms with Gasteiger partial charge in [0.2, 0.25) is 17.7 Å².